The normalized spacial score (nSPS) is 10.7. The molecule has 0 unspecified atom stereocenters. The van der Waals surface area contributed by atoms with Gasteiger partial charge < -0.3 is 9.84 Å². The van der Waals surface area contributed by atoms with Crippen LogP contribution in [0.2, 0.25) is 0 Å². The lowest BCUT2D eigenvalue weighted by atomic mass is 10.1. The fraction of sp³-hybridized carbons (Fsp3) is 0.158. The van der Waals surface area contributed by atoms with E-state index in [-0.39, 0.29) is 23.3 Å². The van der Waals surface area contributed by atoms with Gasteiger partial charge in [-0.25, -0.2) is 0 Å². The Kier molecular flexibility index (Phi) is 5.69. The van der Waals surface area contributed by atoms with E-state index in [1.807, 2.05) is 6.92 Å². The first-order chi connectivity index (χ1) is 11.1. The highest BCUT2D eigenvalue weighted by molar-refractivity contribution is 6.08. The van der Waals surface area contributed by atoms with Crippen LogP contribution >= 0.6 is 0 Å². The van der Waals surface area contributed by atoms with Gasteiger partial charge in [-0.15, -0.1) is 0 Å². The Hall–Kier alpha value is -2.88. The third kappa shape index (κ3) is 4.81. The van der Waals surface area contributed by atoms with Crippen LogP contribution in [0.25, 0.3) is 6.08 Å². The fourth-order valence-corrected chi connectivity index (χ4v) is 1.98. The molecule has 23 heavy (non-hydrogen) atoms. The summed E-state index contributed by atoms with van der Waals surface area (Å²) in [5.41, 5.74) is 1.13. The monoisotopic (exact) mass is 310 g/mol. The molecule has 0 aliphatic carbocycles. The van der Waals surface area contributed by atoms with Gasteiger partial charge in [0, 0.05) is 6.42 Å². The number of ketones is 1. The number of esters is 1. The smallest absolute Gasteiger partial charge is 0.311 e. The largest absolute Gasteiger partial charge is 0.508 e. The summed E-state index contributed by atoms with van der Waals surface area (Å²) >= 11 is 0. The van der Waals surface area contributed by atoms with E-state index < -0.39 is 0 Å². The molecule has 0 amide bonds. The van der Waals surface area contributed by atoms with Gasteiger partial charge in [0.05, 0.1) is 5.56 Å². The van der Waals surface area contributed by atoms with E-state index in [9.17, 15) is 14.7 Å². The van der Waals surface area contributed by atoms with Crippen LogP contribution in [0.15, 0.2) is 54.6 Å². The second-order valence-corrected chi connectivity index (χ2v) is 5.01. The number of phenols is 1. The summed E-state index contributed by atoms with van der Waals surface area (Å²) in [6.07, 6.45) is 4.06. The third-order valence-electron chi connectivity index (χ3n) is 3.15. The van der Waals surface area contributed by atoms with E-state index in [1.54, 1.807) is 54.6 Å². The number of ether oxygens (including phenoxy) is 1. The first-order valence-corrected chi connectivity index (χ1v) is 7.41. The molecule has 0 heterocycles. The van der Waals surface area contributed by atoms with Crippen LogP contribution in [0.1, 0.15) is 35.7 Å². The molecule has 2 aromatic rings. The number of carbonyl (C=O) groups is 2. The summed E-state index contributed by atoms with van der Waals surface area (Å²) in [5.74, 6) is -0.166. The number of hydrogen-bond donors (Lipinski definition) is 1. The first kappa shape index (κ1) is 16.5. The van der Waals surface area contributed by atoms with Gasteiger partial charge in [0.1, 0.15) is 11.5 Å². The molecule has 0 bridgehead atoms. The summed E-state index contributed by atoms with van der Waals surface area (Å²) in [6.45, 7) is 1.89. The number of phenolic OH excluding ortho intramolecular Hbond substituents is 1. The molecule has 0 aliphatic heterocycles. The Bertz CT molecular complexity index is 714. The number of benzene rings is 2. The van der Waals surface area contributed by atoms with Gasteiger partial charge in [-0.05, 0) is 42.3 Å². The maximum absolute atomic E-state index is 12.3. The molecule has 4 heteroatoms. The maximum atomic E-state index is 12.3. The van der Waals surface area contributed by atoms with Gasteiger partial charge in [0.2, 0.25) is 0 Å². The van der Waals surface area contributed by atoms with Gasteiger partial charge in [-0.1, -0.05) is 37.3 Å². The van der Waals surface area contributed by atoms with Crippen LogP contribution in [0.4, 0.5) is 0 Å². The molecule has 1 N–H and O–H groups in total. The second kappa shape index (κ2) is 7.94. The number of carbonyl (C=O) groups excluding carboxylic acids is 2. The molecule has 0 aliphatic rings. The third-order valence-corrected chi connectivity index (χ3v) is 3.15. The van der Waals surface area contributed by atoms with Crippen molar-refractivity contribution in [2.24, 2.45) is 0 Å². The molecule has 0 atom stereocenters. The first-order valence-electron chi connectivity index (χ1n) is 7.41. The van der Waals surface area contributed by atoms with Crippen molar-refractivity contribution in [3.8, 4) is 11.5 Å². The Morgan fingerprint density at radius 1 is 1.09 bits per heavy atom. The molecular formula is C19H18O4. The Labute approximate surface area is 135 Å². The highest BCUT2D eigenvalue weighted by Crippen LogP contribution is 2.20. The van der Waals surface area contributed by atoms with Crippen LogP contribution in [0, 0.1) is 0 Å². The van der Waals surface area contributed by atoms with Gasteiger partial charge in [-0.2, -0.15) is 0 Å². The zero-order valence-corrected chi connectivity index (χ0v) is 12.9. The van der Waals surface area contributed by atoms with Crippen molar-refractivity contribution in [3.05, 3.63) is 65.7 Å². The van der Waals surface area contributed by atoms with E-state index in [1.165, 1.54) is 6.08 Å². The summed E-state index contributed by atoms with van der Waals surface area (Å²) in [4.78, 5) is 23.9. The molecule has 2 aromatic carbocycles. The van der Waals surface area contributed by atoms with Crippen LogP contribution in [-0.2, 0) is 4.79 Å². The highest BCUT2D eigenvalue weighted by atomic mass is 16.5. The van der Waals surface area contributed by atoms with Crippen molar-refractivity contribution < 1.29 is 19.4 Å². The molecule has 0 radical (unpaired) electrons. The summed E-state index contributed by atoms with van der Waals surface area (Å²) < 4.78 is 5.25. The molecular weight excluding hydrogens is 292 g/mol. The number of allylic oxidation sites excluding steroid dienone is 1. The standard InChI is InChI=1S/C19H18O4/c1-2-5-19(22)23-18-7-4-3-6-16(18)17(21)13-10-14-8-11-15(20)12-9-14/h3-4,6-13,20H,2,5H2,1H3/b13-10+. The van der Waals surface area contributed by atoms with Crippen molar-refractivity contribution in [1.82, 2.24) is 0 Å². The SMILES string of the molecule is CCCC(=O)Oc1ccccc1C(=O)/C=C/c1ccc(O)cc1. The average Bonchev–Trinajstić information content (AvgIpc) is 2.55. The van der Waals surface area contributed by atoms with Crippen LogP contribution < -0.4 is 4.74 Å². The minimum atomic E-state index is -0.352. The quantitative estimate of drug-likeness (QED) is 0.379. The predicted octanol–water partition coefficient (Wildman–Crippen LogP) is 3.99. The van der Waals surface area contributed by atoms with Crippen LogP contribution in [0.3, 0.4) is 0 Å². The van der Waals surface area contributed by atoms with Crippen molar-refractivity contribution in [2.75, 3.05) is 0 Å². The topological polar surface area (TPSA) is 63.6 Å². The average molecular weight is 310 g/mol. The van der Waals surface area contributed by atoms with Crippen LogP contribution in [-0.4, -0.2) is 16.9 Å². The molecule has 118 valence electrons. The number of hydrogen-bond acceptors (Lipinski definition) is 4. The van der Waals surface area contributed by atoms with Crippen molar-refractivity contribution in [3.63, 3.8) is 0 Å². The zero-order chi connectivity index (χ0) is 16.7. The number of aromatic hydroxyl groups is 1. The van der Waals surface area contributed by atoms with E-state index >= 15 is 0 Å². The maximum Gasteiger partial charge on any atom is 0.311 e. The van der Waals surface area contributed by atoms with Crippen molar-refractivity contribution in [1.29, 1.82) is 0 Å². The molecule has 4 nitrogen and oxygen atoms in total. The van der Waals surface area contributed by atoms with Crippen LogP contribution in [0.5, 0.6) is 11.5 Å². The molecule has 0 saturated heterocycles. The van der Waals surface area contributed by atoms with E-state index in [0.29, 0.717) is 18.4 Å². The Morgan fingerprint density at radius 2 is 1.78 bits per heavy atom. The lowest BCUT2D eigenvalue weighted by Crippen LogP contribution is -2.10. The van der Waals surface area contributed by atoms with Gasteiger partial charge >= 0.3 is 5.97 Å². The lowest BCUT2D eigenvalue weighted by Gasteiger charge is -2.07. The van der Waals surface area contributed by atoms with Crippen molar-refractivity contribution in [2.45, 2.75) is 19.8 Å². The van der Waals surface area contributed by atoms with E-state index in [4.69, 9.17) is 4.74 Å². The molecule has 0 fully saturated rings. The molecule has 0 saturated carbocycles. The summed E-state index contributed by atoms with van der Waals surface area (Å²) in [7, 11) is 0. The second-order valence-electron chi connectivity index (χ2n) is 5.01. The molecule has 2 rings (SSSR count). The minimum Gasteiger partial charge on any atom is -0.508 e. The zero-order valence-electron chi connectivity index (χ0n) is 12.9. The minimum absolute atomic E-state index is 0.168. The van der Waals surface area contributed by atoms with E-state index in [0.717, 1.165) is 5.56 Å². The number of para-hydroxylation sites is 1. The predicted molar refractivity (Wildman–Crippen MR) is 88.5 cm³/mol. The molecule has 0 spiro atoms. The Morgan fingerprint density at radius 3 is 2.48 bits per heavy atom. The van der Waals surface area contributed by atoms with E-state index in [2.05, 4.69) is 0 Å². The van der Waals surface area contributed by atoms with Gasteiger partial charge in [0.15, 0.2) is 5.78 Å². The highest BCUT2D eigenvalue weighted by Gasteiger charge is 2.12. The summed E-state index contributed by atoms with van der Waals surface area (Å²) in [6, 6.07) is 13.2. The number of rotatable bonds is 6. The Balaban J connectivity index is 2.15. The fourth-order valence-electron chi connectivity index (χ4n) is 1.98. The van der Waals surface area contributed by atoms with Gasteiger partial charge in [-0.3, -0.25) is 9.59 Å². The molecule has 0 aromatic heterocycles. The lowest BCUT2D eigenvalue weighted by molar-refractivity contribution is -0.134. The van der Waals surface area contributed by atoms with Crippen molar-refractivity contribution >= 4 is 17.8 Å². The summed E-state index contributed by atoms with van der Waals surface area (Å²) in [5, 5.41) is 9.24. The van der Waals surface area contributed by atoms with Gasteiger partial charge in [0.25, 0.3) is 0 Å².